The first-order chi connectivity index (χ1) is 7.21. The summed E-state index contributed by atoms with van der Waals surface area (Å²) < 4.78 is 10.9. The van der Waals surface area contributed by atoms with Crippen LogP contribution in [0, 0.1) is 0 Å². The van der Waals surface area contributed by atoms with Crippen LogP contribution in [0.1, 0.15) is 25.8 Å². The maximum atomic E-state index is 5.83. The molecule has 0 radical (unpaired) electrons. The van der Waals surface area contributed by atoms with E-state index in [9.17, 15) is 0 Å². The van der Waals surface area contributed by atoms with Crippen molar-refractivity contribution in [2.24, 2.45) is 0 Å². The smallest absolute Gasteiger partial charge is 0.127 e. The minimum Gasteiger partial charge on any atom is -0.497 e. The summed E-state index contributed by atoms with van der Waals surface area (Å²) in [4.78, 5) is 0. The maximum absolute atomic E-state index is 5.83. The zero-order valence-corrected chi connectivity index (χ0v) is 10.2. The van der Waals surface area contributed by atoms with E-state index in [-0.39, 0.29) is 6.10 Å². The topological polar surface area (TPSA) is 18.5 Å². The van der Waals surface area contributed by atoms with Crippen LogP contribution in [0.25, 0.3) is 0 Å². The molecule has 0 aliphatic rings. The predicted octanol–water partition coefficient (Wildman–Crippen LogP) is 3.61. The molecule has 0 fully saturated rings. The fraction of sp³-hybridized carbons (Fsp3) is 0.500. The molecule has 0 saturated carbocycles. The van der Waals surface area contributed by atoms with Crippen LogP contribution in [0.4, 0.5) is 0 Å². The minimum absolute atomic E-state index is 0.194. The first-order valence-corrected chi connectivity index (χ1v) is 5.64. The molecule has 0 bridgehead atoms. The largest absolute Gasteiger partial charge is 0.497 e. The van der Waals surface area contributed by atoms with Crippen molar-refractivity contribution < 1.29 is 9.47 Å². The average Bonchev–Trinajstić information content (AvgIpc) is 2.28. The molecule has 0 heterocycles. The van der Waals surface area contributed by atoms with Gasteiger partial charge in [0.2, 0.25) is 0 Å². The van der Waals surface area contributed by atoms with Gasteiger partial charge in [0.1, 0.15) is 11.5 Å². The van der Waals surface area contributed by atoms with E-state index in [0.29, 0.717) is 5.88 Å². The van der Waals surface area contributed by atoms with Gasteiger partial charge in [0.25, 0.3) is 0 Å². The fourth-order valence-electron chi connectivity index (χ4n) is 1.18. The molecular formula is C12H17ClO2. The summed E-state index contributed by atoms with van der Waals surface area (Å²) >= 11 is 5.83. The highest BCUT2D eigenvalue weighted by Crippen LogP contribution is 2.27. The van der Waals surface area contributed by atoms with Gasteiger partial charge in [-0.25, -0.2) is 0 Å². The number of hydrogen-bond donors (Lipinski definition) is 0. The third-order valence-corrected chi connectivity index (χ3v) is 2.61. The first-order valence-electron chi connectivity index (χ1n) is 5.10. The molecule has 1 aromatic rings. The van der Waals surface area contributed by atoms with Crippen LogP contribution in [0.5, 0.6) is 11.5 Å². The van der Waals surface area contributed by atoms with E-state index in [1.54, 1.807) is 7.11 Å². The summed E-state index contributed by atoms with van der Waals surface area (Å²) in [6, 6.07) is 5.70. The molecule has 2 nitrogen and oxygen atoms in total. The van der Waals surface area contributed by atoms with E-state index in [4.69, 9.17) is 21.1 Å². The standard InChI is InChI=1S/C12H17ClO2/c1-4-9(2)15-12-7-11(14-3)6-5-10(12)8-13/h5-7,9H,4,8H2,1-3H3. The van der Waals surface area contributed by atoms with Gasteiger partial charge in [0, 0.05) is 11.6 Å². The van der Waals surface area contributed by atoms with Gasteiger partial charge in [-0.3, -0.25) is 0 Å². The Morgan fingerprint density at radius 2 is 2.13 bits per heavy atom. The van der Waals surface area contributed by atoms with Gasteiger partial charge in [-0.2, -0.15) is 0 Å². The third-order valence-electron chi connectivity index (χ3n) is 2.32. The van der Waals surface area contributed by atoms with Crippen LogP contribution >= 0.6 is 11.6 Å². The van der Waals surface area contributed by atoms with E-state index in [0.717, 1.165) is 23.5 Å². The first kappa shape index (κ1) is 12.2. The lowest BCUT2D eigenvalue weighted by atomic mass is 10.2. The number of benzene rings is 1. The zero-order chi connectivity index (χ0) is 11.3. The molecule has 0 aliphatic carbocycles. The predicted molar refractivity (Wildman–Crippen MR) is 62.9 cm³/mol. The quantitative estimate of drug-likeness (QED) is 0.717. The Kier molecular flexibility index (Phi) is 4.76. The summed E-state index contributed by atoms with van der Waals surface area (Å²) in [5.41, 5.74) is 0.998. The van der Waals surface area contributed by atoms with Crippen molar-refractivity contribution in [3.05, 3.63) is 23.8 Å². The molecule has 0 N–H and O–H groups in total. The SMILES string of the molecule is CCC(C)Oc1cc(OC)ccc1CCl. The van der Waals surface area contributed by atoms with Gasteiger partial charge >= 0.3 is 0 Å². The summed E-state index contributed by atoms with van der Waals surface area (Å²) in [6.45, 7) is 4.13. The Morgan fingerprint density at radius 1 is 1.40 bits per heavy atom. The van der Waals surface area contributed by atoms with E-state index >= 15 is 0 Å². The van der Waals surface area contributed by atoms with Crippen molar-refractivity contribution in [1.29, 1.82) is 0 Å². The summed E-state index contributed by atoms with van der Waals surface area (Å²) in [5, 5.41) is 0. The molecule has 3 heteroatoms. The lowest BCUT2D eigenvalue weighted by molar-refractivity contribution is 0.215. The van der Waals surface area contributed by atoms with Crippen LogP contribution in [0.2, 0.25) is 0 Å². The number of methoxy groups -OCH3 is 1. The fourth-order valence-corrected chi connectivity index (χ4v) is 1.40. The molecule has 0 aromatic heterocycles. The van der Waals surface area contributed by atoms with Gasteiger partial charge in [0.15, 0.2) is 0 Å². The van der Waals surface area contributed by atoms with Crippen LogP contribution < -0.4 is 9.47 Å². The van der Waals surface area contributed by atoms with Gasteiger partial charge < -0.3 is 9.47 Å². The van der Waals surface area contributed by atoms with Crippen molar-refractivity contribution in [3.63, 3.8) is 0 Å². The number of halogens is 1. The number of rotatable bonds is 5. The van der Waals surface area contributed by atoms with Crippen molar-refractivity contribution in [2.75, 3.05) is 7.11 Å². The van der Waals surface area contributed by atoms with Crippen molar-refractivity contribution in [2.45, 2.75) is 32.3 Å². The Balaban J connectivity index is 2.90. The van der Waals surface area contributed by atoms with Crippen molar-refractivity contribution in [1.82, 2.24) is 0 Å². The molecule has 0 amide bonds. The third kappa shape index (κ3) is 3.31. The lowest BCUT2D eigenvalue weighted by Crippen LogP contribution is -2.10. The lowest BCUT2D eigenvalue weighted by Gasteiger charge is -2.16. The highest BCUT2D eigenvalue weighted by molar-refractivity contribution is 6.17. The van der Waals surface area contributed by atoms with Crippen molar-refractivity contribution in [3.8, 4) is 11.5 Å². The highest BCUT2D eigenvalue weighted by Gasteiger charge is 2.07. The average molecular weight is 229 g/mol. The maximum Gasteiger partial charge on any atom is 0.127 e. The second-order valence-corrected chi connectivity index (χ2v) is 3.71. The Hall–Kier alpha value is -0.890. The second kappa shape index (κ2) is 5.86. The van der Waals surface area contributed by atoms with E-state index < -0.39 is 0 Å². The zero-order valence-electron chi connectivity index (χ0n) is 9.42. The molecule has 1 rings (SSSR count). The summed E-state index contributed by atoms with van der Waals surface area (Å²) in [6.07, 6.45) is 1.16. The van der Waals surface area contributed by atoms with Gasteiger partial charge in [-0.15, -0.1) is 11.6 Å². The number of hydrogen-bond acceptors (Lipinski definition) is 2. The van der Waals surface area contributed by atoms with Crippen LogP contribution in [-0.4, -0.2) is 13.2 Å². The minimum atomic E-state index is 0.194. The normalized spacial score (nSPS) is 12.3. The highest BCUT2D eigenvalue weighted by atomic mass is 35.5. The van der Waals surface area contributed by atoms with Crippen LogP contribution in [0.15, 0.2) is 18.2 Å². The van der Waals surface area contributed by atoms with E-state index in [1.807, 2.05) is 25.1 Å². The second-order valence-electron chi connectivity index (χ2n) is 3.44. The number of ether oxygens (including phenoxy) is 2. The summed E-state index contributed by atoms with van der Waals surface area (Å²) in [7, 11) is 1.64. The van der Waals surface area contributed by atoms with Crippen LogP contribution in [-0.2, 0) is 5.88 Å². The Bertz CT molecular complexity index is 312. The molecular weight excluding hydrogens is 212 g/mol. The molecule has 84 valence electrons. The molecule has 0 saturated heterocycles. The number of alkyl halides is 1. The molecule has 1 aromatic carbocycles. The molecule has 0 aliphatic heterocycles. The summed E-state index contributed by atoms with van der Waals surface area (Å²) in [5.74, 6) is 2.07. The molecule has 1 atom stereocenters. The van der Waals surface area contributed by atoms with Gasteiger partial charge in [0.05, 0.1) is 19.1 Å². The Labute approximate surface area is 96.2 Å². The molecule has 15 heavy (non-hydrogen) atoms. The van der Waals surface area contributed by atoms with Gasteiger partial charge in [-0.05, 0) is 19.4 Å². The van der Waals surface area contributed by atoms with Gasteiger partial charge in [-0.1, -0.05) is 13.0 Å². The van der Waals surface area contributed by atoms with E-state index in [1.165, 1.54) is 0 Å². The van der Waals surface area contributed by atoms with E-state index in [2.05, 4.69) is 6.92 Å². The molecule has 0 spiro atoms. The molecule has 1 unspecified atom stereocenters. The Morgan fingerprint density at radius 3 is 2.67 bits per heavy atom. The van der Waals surface area contributed by atoms with Crippen LogP contribution in [0.3, 0.4) is 0 Å². The van der Waals surface area contributed by atoms with Crippen molar-refractivity contribution >= 4 is 11.6 Å². The monoisotopic (exact) mass is 228 g/mol.